The summed E-state index contributed by atoms with van der Waals surface area (Å²) in [7, 11) is 1.62. The van der Waals surface area contributed by atoms with Crippen LogP contribution in [0, 0.1) is 6.92 Å². The van der Waals surface area contributed by atoms with Crippen LogP contribution < -0.4 is 10.9 Å². The second kappa shape index (κ2) is 8.51. The molecule has 0 aliphatic carbocycles. The van der Waals surface area contributed by atoms with Gasteiger partial charge in [-0.15, -0.1) is 0 Å². The third kappa shape index (κ3) is 4.37. The number of amides is 2. The fraction of sp³-hybridized carbons (Fsp3) is 0.261. The summed E-state index contributed by atoms with van der Waals surface area (Å²) in [5, 5.41) is 2.84. The fourth-order valence-corrected chi connectivity index (χ4v) is 3.68. The van der Waals surface area contributed by atoms with E-state index in [1.54, 1.807) is 37.3 Å². The van der Waals surface area contributed by atoms with E-state index >= 15 is 0 Å². The van der Waals surface area contributed by atoms with Crippen LogP contribution in [0.25, 0.3) is 0 Å². The summed E-state index contributed by atoms with van der Waals surface area (Å²) in [6.07, 6.45) is 3.85. The Balaban J connectivity index is 1.45. The van der Waals surface area contributed by atoms with Gasteiger partial charge in [-0.2, -0.15) is 0 Å². The highest BCUT2D eigenvalue weighted by Crippen LogP contribution is 2.26. The van der Waals surface area contributed by atoms with Crippen molar-refractivity contribution in [2.75, 3.05) is 18.4 Å². The van der Waals surface area contributed by atoms with Gasteiger partial charge in [0.15, 0.2) is 0 Å². The summed E-state index contributed by atoms with van der Waals surface area (Å²) in [5.74, 6) is 0.257. The predicted octanol–water partition coefficient (Wildman–Crippen LogP) is 2.37. The molecule has 3 aromatic rings. The van der Waals surface area contributed by atoms with Crippen LogP contribution in [0.15, 0.2) is 59.7 Å². The molecule has 0 unspecified atom stereocenters. The van der Waals surface area contributed by atoms with Crippen molar-refractivity contribution >= 4 is 17.5 Å². The SMILES string of the molecule is Cc1nc([C@@H]2CCN(C(=O)c3ccc(=O)n(C)c3)C2)ncc1C(=O)Nc1ccccc1. The standard InChI is InChI=1S/C23H23N5O3/c1-15-19(22(30)26-18-6-4-3-5-7-18)12-24-21(25-15)16-10-11-28(14-16)23(31)17-8-9-20(29)27(2)13-17/h3-9,12-13,16H,10-11,14H2,1-2H3,(H,26,30)/t16-/m1/s1. The van der Waals surface area contributed by atoms with Crippen LogP contribution >= 0.6 is 0 Å². The number of para-hydroxylation sites is 1. The van der Waals surface area contributed by atoms with Crippen molar-refractivity contribution in [3.8, 4) is 0 Å². The second-order valence-corrected chi connectivity index (χ2v) is 7.65. The number of likely N-dealkylation sites (tertiary alicyclic amines) is 1. The molecule has 0 saturated carbocycles. The number of hydrogen-bond donors (Lipinski definition) is 1. The first-order valence-electron chi connectivity index (χ1n) is 10.1. The third-order valence-corrected chi connectivity index (χ3v) is 5.45. The molecule has 1 N–H and O–H groups in total. The molecule has 2 amide bonds. The summed E-state index contributed by atoms with van der Waals surface area (Å²) in [6, 6.07) is 12.2. The van der Waals surface area contributed by atoms with E-state index in [1.807, 2.05) is 30.3 Å². The summed E-state index contributed by atoms with van der Waals surface area (Å²) in [5.41, 5.74) is 2.05. The number of benzene rings is 1. The minimum atomic E-state index is -0.256. The molecule has 1 fully saturated rings. The zero-order valence-corrected chi connectivity index (χ0v) is 17.4. The molecule has 8 nitrogen and oxygen atoms in total. The number of aromatic nitrogens is 3. The van der Waals surface area contributed by atoms with Crippen LogP contribution in [0.2, 0.25) is 0 Å². The van der Waals surface area contributed by atoms with E-state index in [9.17, 15) is 14.4 Å². The quantitative estimate of drug-likeness (QED) is 0.703. The van der Waals surface area contributed by atoms with Gasteiger partial charge in [0.05, 0.1) is 16.8 Å². The first kappa shape index (κ1) is 20.5. The molecule has 1 saturated heterocycles. The van der Waals surface area contributed by atoms with Gasteiger partial charge in [0.2, 0.25) is 5.56 Å². The van der Waals surface area contributed by atoms with Crippen molar-refractivity contribution in [1.29, 1.82) is 0 Å². The van der Waals surface area contributed by atoms with Gasteiger partial charge in [0.1, 0.15) is 5.82 Å². The van der Waals surface area contributed by atoms with Gasteiger partial charge in [-0.1, -0.05) is 18.2 Å². The number of rotatable bonds is 4. The second-order valence-electron chi connectivity index (χ2n) is 7.65. The van der Waals surface area contributed by atoms with Gasteiger partial charge in [-0.25, -0.2) is 9.97 Å². The predicted molar refractivity (Wildman–Crippen MR) is 116 cm³/mol. The number of carbonyl (C=O) groups excluding carboxylic acids is 2. The van der Waals surface area contributed by atoms with Crippen LogP contribution in [0.3, 0.4) is 0 Å². The lowest BCUT2D eigenvalue weighted by molar-refractivity contribution is 0.0789. The molecule has 2 aromatic heterocycles. The Morgan fingerprint density at radius 2 is 1.90 bits per heavy atom. The van der Waals surface area contributed by atoms with E-state index < -0.39 is 0 Å². The Kier molecular flexibility index (Phi) is 5.62. The molecule has 1 atom stereocenters. The van der Waals surface area contributed by atoms with Gasteiger partial charge >= 0.3 is 0 Å². The number of pyridine rings is 1. The Hall–Kier alpha value is -3.81. The van der Waals surface area contributed by atoms with E-state index in [1.165, 1.54) is 10.6 Å². The Bertz CT molecular complexity index is 1190. The van der Waals surface area contributed by atoms with Gasteiger partial charge in [0, 0.05) is 50.2 Å². The average molecular weight is 417 g/mol. The molecule has 0 radical (unpaired) electrons. The maximum Gasteiger partial charge on any atom is 0.259 e. The Morgan fingerprint density at radius 1 is 1.13 bits per heavy atom. The topological polar surface area (TPSA) is 97.2 Å². The monoisotopic (exact) mass is 417 g/mol. The fourth-order valence-electron chi connectivity index (χ4n) is 3.68. The van der Waals surface area contributed by atoms with Crippen molar-refractivity contribution in [3.05, 3.63) is 87.9 Å². The van der Waals surface area contributed by atoms with E-state index in [0.29, 0.717) is 41.4 Å². The van der Waals surface area contributed by atoms with Crippen molar-refractivity contribution in [2.45, 2.75) is 19.3 Å². The number of hydrogen-bond acceptors (Lipinski definition) is 5. The van der Waals surface area contributed by atoms with E-state index in [4.69, 9.17) is 0 Å². The van der Waals surface area contributed by atoms with Gasteiger partial charge in [-0.3, -0.25) is 14.4 Å². The number of aryl methyl sites for hydroxylation is 2. The summed E-state index contributed by atoms with van der Waals surface area (Å²) in [6.45, 7) is 2.87. The average Bonchev–Trinajstić information content (AvgIpc) is 3.26. The van der Waals surface area contributed by atoms with Gasteiger partial charge in [-0.05, 0) is 31.5 Å². The van der Waals surface area contributed by atoms with E-state index in [2.05, 4.69) is 15.3 Å². The molecule has 4 rings (SSSR count). The lowest BCUT2D eigenvalue weighted by Gasteiger charge is -2.17. The first-order chi connectivity index (χ1) is 14.9. The first-order valence-corrected chi connectivity index (χ1v) is 10.1. The highest BCUT2D eigenvalue weighted by atomic mass is 16.2. The van der Waals surface area contributed by atoms with Crippen molar-refractivity contribution in [3.63, 3.8) is 0 Å². The largest absolute Gasteiger partial charge is 0.338 e. The lowest BCUT2D eigenvalue weighted by atomic mass is 10.1. The number of nitrogens with one attached hydrogen (secondary N) is 1. The van der Waals surface area contributed by atoms with E-state index in [-0.39, 0.29) is 23.3 Å². The molecule has 31 heavy (non-hydrogen) atoms. The molecular formula is C23H23N5O3. The van der Waals surface area contributed by atoms with Gasteiger partial charge in [0.25, 0.3) is 11.8 Å². The number of nitrogens with zero attached hydrogens (tertiary/aromatic N) is 4. The molecule has 1 aliphatic rings. The summed E-state index contributed by atoms with van der Waals surface area (Å²) >= 11 is 0. The van der Waals surface area contributed by atoms with Crippen molar-refractivity contribution in [2.24, 2.45) is 7.05 Å². The smallest absolute Gasteiger partial charge is 0.259 e. The van der Waals surface area contributed by atoms with Crippen molar-refractivity contribution < 1.29 is 9.59 Å². The zero-order valence-electron chi connectivity index (χ0n) is 17.4. The molecular weight excluding hydrogens is 394 g/mol. The minimum absolute atomic E-state index is 0.00131. The molecule has 0 spiro atoms. The summed E-state index contributed by atoms with van der Waals surface area (Å²) in [4.78, 5) is 47.6. The van der Waals surface area contributed by atoms with Crippen LogP contribution in [0.1, 0.15) is 44.6 Å². The van der Waals surface area contributed by atoms with Crippen molar-refractivity contribution in [1.82, 2.24) is 19.4 Å². The van der Waals surface area contributed by atoms with E-state index in [0.717, 1.165) is 6.42 Å². The number of anilines is 1. The van der Waals surface area contributed by atoms with Gasteiger partial charge < -0.3 is 14.8 Å². The van der Waals surface area contributed by atoms with Crippen LogP contribution in [0.4, 0.5) is 5.69 Å². The highest BCUT2D eigenvalue weighted by molar-refractivity contribution is 6.04. The maximum atomic E-state index is 12.8. The van der Waals surface area contributed by atoms with Crippen LogP contribution in [-0.4, -0.2) is 44.3 Å². The molecule has 0 bridgehead atoms. The molecule has 8 heteroatoms. The van der Waals surface area contributed by atoms with Crippen LogP contribution in [0.5, 0.6) is 0 Å². The normalized spacial score (nSPS) is 15.7. The molecule has 3 heterocycles. The number of carbonyl (C=O) groups is 2. The Labute approximate surface area is 179 Å². The zero-order chi connectivity index (χ0) is 22.0. The lowest BCUT2D eigenvalue weighted by Crippen LogP contribution is -2.30. The molecule has 1 aliphatic heterocycles. The maximum absolute atomic E-state index is 12.8. The highest BCUT2D eigenvalue weighted by Gasteiger charge is 2.30. The summed E-state index contributed by atoms with van der Waals surface area (Å²) < 4.78 is 1.40. The molecule has 158 valence electrons. The Morgan fingerprint density at radius 3 is 2.61 bits per heavy atom. The molecule has 1 aromatic carbocycles. The third-order valence-electron chi connectivity index (χ3n) is 5.45. The van der Waals surface area contributed by atoms with Crippen LogP contribution in [-0.2, 0) is 7.05 Å². The minimum Gasteiger partial charge on any atom is -0.338 e.